The average Bonchev–Trinajstić information content (AvgIpc) is 2.87. The molecular weight excluding hydrogens is 458 g/mol. The lowest BCUT2D eigenvalue weighted by molar-refractivity contribution is -0.151. The maximum Gasteiger partial charge on any atom is 0.336 e. The van der Waals surface area contributed by atoms with Crippen LogP contribution in [-0.2, 0) is 30.5 Å². The topological polar surface area (TPSA) is 90.9 Å². The highest BCUT2D eigenvalue weighted by Crippen LogP contribution is 2.46. The Hall–Kier alpha value is -3.87. The molecule has 0 fully saturated rings. The van der Waals surface area contributed by atoms with Crippen LogP contribution < -0.4 is 10.1 Å². The molecule has 3 atom stereocenters. The minimum absolute atomic E-state index is 0.199. The number of methoxy groups -OCH3 is 1. The molecule has 0 aromatic heterocycles. The molecule has 0 spiro atoms. The molecule has 0 saturated heterocycles. The van der Waals surface area contributed by atoms with Gasteiger partial charge in [-0.15, -0.1) is 0 Å². The summed E-state index contributed by atoms with van der Waals surface area (Å²) >= 11 is 0. The molecule has 1 aliphatic carbocycles. The summed E-state index contributed by atoms with van der Waals surface area (Å²) in [5.41, 5.74) is 3.83. The second kappa shape index (κ2) is 10.8. The molecule has 0 unspecified atom stereocenters. The van der Waals surface area contributed by atoms with Gasteiger partial charge >= 0.3 is 11.9 Å². The van der Waals surface area contributed by atoms with Crippen LogP contribution in [0.1, 0.15) is 44.2 Å². The molecule has 4 rings (SSSR count). The van der Waals surface area contributed by atoms with E-state index in [4.69, 9.17) is 14.2 Å². The largest absolute Gasteiger partial charge is 0.489 e. The van der Waals surface area contributed by atoms with Crippen LogP contribution in [0.15, 0.2) is 77.1 Å². The highest BCUT2D eigenvalue weighted by atomic mass is 16.5. The van der Waals surface area contributed by atoms with Gasteiger partial charge in [0.15, 0.2) is 5.78 Å². The van der Waals surface area contributed by atoms with Crippen LogP contribution in [0, 0.1) is 11.8 Å². The van der Waals surface area contributed by atoms with E-state index in [1.165, 1.54) is 7.11 Å². The first-order valence-corrected chi connectivity index (χ1v) is 12.1. The number of carbonyl (C=O) groups is 3. The Morgan fingerprint density at radius 3 is 2.53 bits per heavy atom. The van der Waals surface area contributed by atoms with Crippen molar-refractivity contribution < 1.29 is 28.6 Å². The zero-order valence-corrected chi connectivity index (χ0v) is 21.0. The zero-order chi connectivity index (χ0) is 25.8. The van der Waals surface area contributed by atoms with Crippen molar-refractivity contribution in [2.75, 3.05) is 13.7 Å². The number of allylic oxidation sites excluding steroid dienone is 3. The van der Waals surface area contributed by atoms with Crippen molar-refractivity contribution in [3.63, 3.8) is 0 Å². The summed E-state index contributed by atoms with van der Waals surface area (Å²) in [5, 5.41) is 3.26. The second-order valence-corrected chi connectivity index (χ2v) is 9.10. The first-order valence-electron chi connectivity index (χ1n) is 12.1. The van der Waals surface area contributed by atoms with Crippen LogP contribution in [0.2, 0.25) is 0 Å². The van der Waals surface area contributed by atoms with Gasteiger partial charge in [0.2, 0.25) is 0 Å². The normalized spacial score (nSPS) is 21.4. The van der Waals surface area contributed by atoms with Crippen LogP contribution in [-0.4, -0.2) is 31.4 Å². The van der Waals surface area contributed by atoms with Crippen LogP contribution in [0.5, 0.6) is 5.75 Å². The molecule has 0 saturated carbocycles. The van der Waals surface area contributed by atoms with Crippen molar-refractivity contribution >= 4 is 17.7 Å². The number of hydrogen-bond acceptors (Lipinski definition) is 7. The Morgan fingerprint density at radius 2 is 1.83 bits per heavy atom. The minimum Gasteiger partial charge on any atom is -0.489 e. The summed E-state index contributed by atoms with van der Waals surface area (Å²) in [6.07, 6.45) is 0.481. The third kappa shape index (κ3) is 4.91. The van der Waals surface area contributed by atoms with E-state index in [0.717, 1.165) is 11.3 Å². The molecule has 36 heavy (non-hydrogen) atoms. The number of Topliss-reactive ketones (excluding diaryl/α,β-unsaturated/α-hetero) is 1. The Morgan fingerprint density at radius 1 is 1.08 bits per heavy atom. The predicted molar refractivity (Wildman–Crippen MR) is 134 cm³/mol. The van der Waals surface area contributed by atoms with Crippen molar-refractivity contribution in [1.29, 1.82) is 0 Å². The van der Waals surface area contributed by atoms with E-state index in [-0.39, 0.29) is 18.3 Å². The lowest BCUT2D eigenvalue weighted by atomic mass is 9.69. The van der Waals surface area contributed by atoms with Crippen molar-refractivity contribution in [2.45, 2.75) is 39.7 Å². The molecule has 2 aromatic rings. The molecular formula is C29H31NO6. The Kier molecular flexibility index (Phi) is 7.58. The molecule has 2 aliphatic rings. The van der Waals surface area contributed by atoms with Crippen LogP contribution in [0.4, 0.5) is 0 Å². The highest BCUT2D eigenvalue weighted by Gasteiger charge is 2.47. The molecule has 1 aliphatic heterocycles. The Balaban J connectivity index is 1.77. The second-order valence-electron chi connectivity index (χ2n) is 9.10. The third-order valence-electron chi connectivity index (χ3n) is 6.68. The molecule has 2 aromatic carbocycles. The fraction of sp³-hybridized carbons (Fsp3) is 0.345. The number of carbonyl (C=O) groups excluding carboxylic acids is 3. The van der Waals surface area contributed by atoms with E-state index in [0.29, 0.717) is 41.2 Å². The maximum atomic E-state index is 13.8. The number of benzene rings is 2. The van der Waals surface area contributed by atoms with Crippen LogP contribution in [0.3, 0.4) is 0 Å². The molecule has 1 heterocycles. The van der Waals surface area contributed by atoms with Gasteiger partial charge in [0.05, 0.1) is 19.3 Å². The first kappa shape index (κ1) is 25.2. The van der Waals surface area contributed by atoms with E-state index in [1.807, 2.05) is 61.5 Å². The van der Waals surface area contributed by atoms with E-state index < -0.39 is 23.8 Å². The molecule has 0 bridgehead atoms. The number of dihydropyridines is 1. The number of ether oxygens (including phenoxy) is 3. The quantitative estimate of drug-likeness (QED) is 0.454. The smallest absolute Gasteiger partial charge is 0.336 e. The van der Waals surface area contributed by atoms with Gasteiger partial charge in [0.1, 0.15) is 18.3 Å². The monoisotopic (exact) mass is 489 g/mol. The zero-order valence-electron chi connectivity index (χ0n) is 21.0. The molecule has 0 radical (unpaired) electrons. The molecule has 7 nitrogen and oxygen atoms in total. The van der Waals surface area contributed by atoms with E-state index >= 15 is 0 Å². The Labute approximate surface area is 211 Å². The summed E-state index contributed by atoms with van der Waals surface area (Å²) in [7, 11) is 1.28. The lowest BCUT2D eigenvalue weighted by Crippen LogP contribution is -2.43. The van der Waals surface area contributed by atoms with Crippen LogP contribution >= 0.6 is 0 Å². The number of hydrogen-bond donors (Lipinski definition) is 1. The maximum absolute atomic E-state index is 13.8. The lowest BCUT2D eigenvalue weighted by Gasteiger charge is -2.38. The average molecular weight is 490 g/mol. The van der Waals surface area contributed by atoms with Gasteiger partial charge in [0, 0.05) is 22.9 Å². The molecule has 1 N–H and O–H groups in total. The number of nitrogens with one attached hydrogen (secondary N) is 1. The molecule has 0 amide bonds. The van der Waals surface area contributed by atoms with E-state index in [2.05, 4.69) is 5.32 Å². The fourth-order valence-corrected chi connectivity index (χ4v) is 5.02. The van der Waals surface area contributed by atoms with Crippen molar-refractivity contribution in [3.8, 4) is 5.75 Å². The van der Waals surface area contributed by atoms with Gasteiger partial charge < -0.3 is 19.5 Å². The van der Waals surface area contributed by atoms with E-state index in [1.54, 1.807) is 13.8 Å². The summed E-state index contributed by atoms with van der Waals surface area (Å²) < 4.78 is 16.4. The van der Waals surface area contributed by atoms with E-state index in [9.17, 15) is 14.4 Å². The summed E-state index contributed by atoms with van der Waals surface area (Å²) in [6.45, 7) is 5.98. The molecule has 7 heteroatoms. The highest BCUT2D eigenvalue weighted by molar-refractivity contribution is 6.12. The van der Waals surface area contributed by atoms with Gasteiger partial charge in [-0.3, -0.25) is 9.59 Å². The van der Waals surface area contributed by atoms with Gasteiger partial charge in [-0.1, -0.05) is 49.4 Å². The van der Waals surface area contributed by atoms with Crippen molar-refractivity contribution in [2.24, 2.45) is 11.8 Å². The third-order valence-corrected chi connectivity index (χ3v) is 6.68. The summed E-state index contributed by atoms with van der Waals surface area (Å²) in [5.74, 6) is -2.67. The van der Waals surface area contributed by atoms with Crippen LogP contribution in [0.25, 0.3) is 0 Å². The molecule has 188 valence electrons. The predicted octanol–water partition coefficient (Wildman–Crippen LogP) is 4.44. The standard InChI is InChI=1S/C29H31NO6/c1-5-35-29(33)24-18(3)30-22-14-17(2)23(28(32)34-4)27(31)26(22)25(24)20-12-9-13-21(15-20)36-16-19-10-7-6-8-11-19/h6-13,15,17,23,25,30H,5,14,16H2,1-4H3/t17-,23+,25-/m1/s1. The number of rotatable bonds is 7. The summed E-state index contributed by atoms with van der Waals surface area (Å²) in [6, 6.07) is 17.2. The first-order chi connectivity index (χ1) is 17.3. The minimum atomic E-state index is -0.933. The van der Waals surface area contributed by atoms with Crippen molar-refractivity contribution in [3.05, 3.63) is 88.3 Å². The van der Waals surface area contributed by atoms with Gasteiger partial charge in [-0.2, -0.15) is 0 Å². The number of ketones is 1. The Bertz CT molecular complexity index is 1230. The summed E-state index contributed by atoms with van der Waals surface area (Å²) in [4.78, 5) is 39.5. The fourth-order valence-electron chi connectivity index (χ4n) is 5.02. The van der Waals surface area contributed by atoms with Gasteiger partial charge in [-0.05, 0) is 49.4 Å². The SMILES string of the molecule is CCOC(=O)C1=C(C)NC2=C(C(=O)[C@@H](C(=O)OC)[C@H](C)C2)[C@@H]1c1cccc(OCc2ccccc2)c1. The van der Waals surface area contributed by atoms with Gasteiger partial charge in [0.25, 0.3) is 0 Å². The number of esters is 2. The van der Waals surface area contributed by atoms with Gasteiger partial charge in [-0.25, -0.2) is 4.79 Å². The van der Waals surface area contributed by atoms with Crippen molar-refractivity contribution in [1.82, 2.24) is 5.32 Å².